The van der Waals surface area contributed by atoms with Gasteiger partial charge in [-0.3, -0.25) is 23.7 Å². The summed E-state index contributed by atoms with van der Waals surface area (Å²) in [4.78, 5) is 15.3. The van der Waals surface area contributed by atoms with Gasteiger partial charge in [0.05, 0.1) is 39.8 Å². The van der Waals surface area contributed by atoms with E-state index in [1.807, 2.05) is 86.6 Å². The van der Waals surface area contributed by atoms with Crippen LogP contribution < -0.4 is 0 Å². The molecule has 0 saturated carbocycles. The molecule has 3 aromatic carbocycles. The third kappa shape index (κ3) is 8.57. The molecule has 1 atom stereocenters. The van der Waals surface area contributed by atoms with Crippen molar-refractivity contribution in [3.05, 3.63) is 190 Å². The molecule has 3 heterocycles. The molecule has 6 aromatic rings. The molecule has 0 aliphatic rings. The van der Waals surface area contributed by atoms with Gasteiger partial charge in [0, 0.05) is 39.9 Å². The molecule has 6 rings (SSSR count). The van der Waals surface area contributed by atoms with E-state index in [1.165, 1.54) is 12.1 Å². The molecule has 0 bridgehead atoms. The first-order valence-electron chi connectivity index (χ1n) is 16.5. The van der Waals surface area contributed by atoms with Gasteiger partial charge in [-0.15, -0.1) is 17.2 Å². The second-order valence-corrected chi connectivity index (χ2v) is 14.0. The first kappa shape index (κ1) is 41.9. The summed E-state index contributed by atoms with van der Waals surface area (Å²) in [5, 5.41) is 9.29. The van der Waals surface area contributed by atoms with Gasteiger partial charge in [0.15, 0.2) is 0 Å². The van der Waals surface area contributed by atoms with E-state index in [0.717, 1.165) is 46.5 Å². The van der Waals surface area contributed by atoms with E-state index in [2.05, 4.69) is 31.7 Å². The summed E-state index contributed by atoms with van der Waals surface area (Å²) in [7, 11) is 0. The van der Waals surface area contributed by atoms with Crippen LogP contribution in [0.5, 0.6) is 0 Å². The maximum absolute atomic E-state index is 15.2. The van der Waals surface area contributed by atoms with Gasteiger partial charge in [-0.2, -0.15) is 59.7 Å². The minimum absolute atomic E-state index is 0. The van der Waals surface area contributed by atoms with E-state index < -0.39 is 45.2 Å². The van der Waals surface area contributed by atoms with Crippen LogP contribution in [0.3, 0.4) is 0 Å². The summed E-state index contributed by atoms with van der Waals surface area (Å²) in [5.41, 5.74) is 1.19. The van der Waals surface area contributed by atoms with Crippen molar-refractivity contribution in [3.63, 3.8) is 0 Å². The maximum Gasteiger partial charge on any atom is 3.00 e. The van der Waals surface area contributed by atoms with E-state index in [4.69, 9.17) is 15.0 Å². The van der Waals surface area contributed by atoms with Crippen molar-refractivity contribution in [2.24, 2.45) is 0 Å². The van der Waals surface area contributed by atoms with Gasteiger partial charge in [0.2, 0.25) is 0 Å². The molecule has 1 unspecified atom stereocenters. The van der Waals surface area contributed by atoms with Gasteiger partial charge in [-0.05, 0) is 57.2 Å². The smallest absolute Gasteiger partial charge is 0.780 e. The average molecular weight is 926 g/mol. The van der Waals surface area contributed by atoms with Gasteiger partial charge in [0.1, 0.15) is 0 Å². The molecule has 3 aromatic heterocycles. The normalized spacial score (nSPS) is 12.7. The van der Waals surface area contributed by atoms with Crippen molar-refractivity contribution in [3.8, 4) is 6.07 Å². The molecule has 4 nitrogen and oxygen atoms in total. The molecule has 0 fully saturated rings. The number of aromatic nitrogens is 3. The van der Waals surface area contributed by atoms with Crippen LogP contribution in [-0.2, 0) is 55.2 Å². The first-order valence-corrected chi connectivity index (χ1v) is 16.9. The van der Waals surface area contributed by atoms with Gasteiger partial charge < -0.3 is 12.6 Å². The quantitative estimate of drug-likeness (QED) is 0.0907. The zero-order valence-electron chi connectivity index (χ0n) is 29.9. The van der Waals surface area contributed by atoms with Crippen LogP contribution in [0.15, 0.2) is 120 Å². The molecule has 0 radical (unpaired) electrons. The molecule has 0 aliphatic carbocycles. The summed E-state index contributed by atoms with van der Waals surface area (Å²) < 4.78 is 64.9. The van der Waals surface area contributed by atoms with Crippen LogP contribution in [0, 0.1) is 35.1 Å². The van der Waals surface area contributed by atoms with Crippen molar-refractivity contribution < 1.29 is 42.1 Å². The van der Waals surface area contributed by atoms with Gasteiger partial charge in [-0.25, -0.2) is 0 Å². The number of hydrogen-bond acceptors (Lipinski definition) is 5. The predicted octanol–water partition coefficient (Wildman–Crippen LogP) is 10.2. The Labute approximate surface area is 331 Å². The predicted molar refractivity (Wildman–Crippen MR) is 195 cm³/mol. The molecule has 276 valence electrons. The summed E-state index contributed by atoms with van der Waals surface area (Å²) in [5.74, 6) is -1.86. The third-order valence-corrected chi connectivity index (χ3v) is 9.57. The maximum atomic E-state index is 15.2. The van der Waals surface area contributed by atoms with Crippen molar-refractivity contribution in [1.29, 1.82) is 5.26 Å². The molecule has 0 aliphatic heterocycles. The zero-order chi connectivity index (χ0) is 38.6. The topological polar surface area (TPSA) is 62.5 Å². The molecule has 0 amide bonds. The summed E-state index contributed by atoms with van der Waals surface area (Å²) in [6.07, 6.45) is -2.48. The Morgan fingerprint density at radius 3 is 1.76 bits per heavy atom. The van der Waals surface area contributed by atoms with Crippen LogP contribution in [0.2, 0.25) is 0 Å². The van der Waals surface area contributed by atoms with E-state index in [-0.39, 0.29) is 25.7 Å². The van der Waals surface area contributed by atoms with Crippen LogP contribution >= 0.6 is 0 Å². The number of alkyl halides is 3. The summed E-state index contributed by atoms with van der Waals surface area (Å²) in [6.45, 7) is 9.76. The molecule has 54 heavy (non-hydrogen) atoms. The molecule has 0 saturated heterocycles. The minimum atomic E-state index is -4.26. The summed E-state index contributed by atoms with van der Waals surface area (Å²) in [6, 6.07) is 38.4. The number of rotatable bonds is 7. The number of nitriles is 1. The molecular formula is C43H34F5IrN4S. The minimum Gasteiger partial charge on any atom is -0.780 e. The standard InChI is InChI=1S/C36H30F2N4.C7H5F3S.Ir/c1-34(2,26-20-21-27(37)25(23-39)33(26)38)28-16-11-17-29(41-28)35(3,4)30-18-12-19-32(42-30)36(5,24-13-7-6-8-14-24)31-15-9-10-22-40-31;8-7(9,10)5-1-3-6(11)4-2-5;/h6-13,15-19,21-22H,1-5H3;1-4,11H;/q-2;;+3/p-1. The largest absolute Gasteiger partial charge is 3.00 e. The third-order valence-electron chi connectivity index (χ3n) is 9.30. The second-order valence-electron chi connectivity index (χ2n) is 13.5. The fourth-order valence-electron chi connectivity index (χ4n) is 5.92. The van der Waals surface area contributed by atoms with Crippen molar-refractivity contribution >= 4 is 12.6 Å². The Hall–Kier alpha value is -4.88. The molecule has 0 spiro atoms. The summed E-state index contributed by atoms with van der Waals surface area (Å²) >= 11 is 4.63. The van der Waals surface area contributed by atoms with Gasteiger partial charge in [0.25, 0.3) is 0 Å². The molecule has 0 N–H and O–H groups in total. The number of hydrogen-bond donors (Lipinski definition) is 0. The first-order chi connectivity index (χ1) is 25.0. The van der Waals surface area contributed by atoms with Crippen LogP contribution in [0.25, 0.3) is 0 Å². The SMILES string of the molecule is CC(C)(c1cccc(C(C)(C)c2[c-]cc(F)c(C#N)c2F)n1)c1cccc(C(C)(c2[c-]cccc2)c2ccccn2)n1.FC(F)(F)c1ccc([S-])cc1.[Ir+3]. The number of halogens is 5. The van der Waals surface area contributed by atoms with E-state index in [0.29, 0.717) is 10.6 Å². The zero-order valence-corrected chi connectivity index (χ0v) is 33.1. The number of pyridine rings is 3. The van der Waals surface area contributed by atoms with E-state index in [9.17, 15) is 22.8 Å². The van der Waals surface area contributed by atoms with Gasteiger partial charge in [-0.1, -0.05) is 56.3 Å². The van der Waals surface area contributed by atoms with Crippen molar-refractivity contribution in [2.75, 3.05) is 0 Å². The molecule has 11 heteroatoms. The van der Waals surface area contributed by atoms with Crippen LogP contribution in [-0.4, -0.2) is 15.0 Å². The Bertz CT molecular complexity index is 2200. The Morgan fingerprint density at radius 1 is 0.667 bits per heavy atom. The Balaban J connectivity index is 0.000000466. The van der Waals surface area contributed by atoms with Gasteiger partial charge >= 0.3 is 26.3 Å². The Morgan fingerprint density at radius 2 is 1.22 bits per heavy atom. The second kappa shape index (κ2) is 16.6. The monoisotopic (exact) mass is 926 g/mol. The van der Waals surface area contributed by atoms with E-state index in [1.54, 1.807) is 32.2 Å². The number of benzene rings is 3. The molecular weight excluding hydrogens is 892 g/mol. The van der Waals surface area contributed by atoms with Crippen molar-refractivity contribution in [2.45, 2.75) is 61.9 Å². The van der Waals surface area contributed by atoms with E-state index >= 15 is 4.39 Å². The fourth-order valence-corrected chi connectivity index (χ4v) is 6.06. The van der Waals surface area contributed by atoms with Crippen molar-refractivity contribution in [1.82, 2.24) is 15.0 Å². The van der Waals surface area contributed by atoms with Crippen LogP contribution in [0.4, 0.5) is 22.0 Å². The number of nitrogens with zero attached hydrogens (tertiary/aromatic N) is 4. The Kier molecular flexibility index (Phi) is 12.9. The average Bonchev–Trinajstić information content (AvgIpc) is 3.15. The fraction of sp³-hybridized carbons (Fsp3) is 0.209. The van der Waals surface area contributed by atoms with Crippen LogP contribution in [0.1, 0.15) is 85.3 Å².